The minimum Gasteiger partial charge on any atom is -0.493 e. The van der Waals surface area contributed by atoms with Gasteiger partial charge in [0.05, 0.1) is 20.8 Å². The van der Waals surface area contributed by atoms with E-state index in [4.69, 9.17) is 9.47 Å². The topological polar surface area (TPSA) is 54.0 Å². The highest BCUT2D eigenvalue weighted by molar-refractivity contribution is 5.74. The van der Waals surface area contributed by atoms with Crippen molar-refractivity contribution in [3.63, 3.8) is 0 Å². The third kappa shape index (κ3) is 3.95. The molecule has 2 amide bonds. The number of amides is 2. The summed E-state index contributed by atoms with van der Waals surface area (Å²) < 4.78 is 37.4. The molecular formula is C17H23F2N3O3. The molecule has 3 rings (SSSR count). The lowest BCUT2D eigenvalue weighted by Crippen LogP contribution is -2.54. The second-order valence-electron chi connectivity index (χ2n) is 6.48. The zero-order valence-corrected chi connectivity index (χ0v) is 14.4. The number of urea groups is 1. The van der Waals surface area contributed by atoms with Gasteiger partial charge in [-0.3, -0.25) is 4.90 Å². The number of benzene rings is 1. The van der Waals surface area contributed by atoms with E-state index in [2.05, 4.69) is 5.32 Å². The van der Waals surface area contributed by atoms with Crippen molar-refractivity contribution in [2.45, 2.75) is 24.9 Å². The highest BCUT2D eigenvalue weighted by atomic mass is 19.3. The Labute approximate surface area is 145 Å². The number of ether oxygens (including phenoxy) is 2. The Morgan fingerprint density at radius 3 is 2.76 bits per heavy atom. The Morgan fingerprint density at radius 2 is 2.04 bits per heavy atom. The smallest absolute Gasteiger partial charge is 0.317 e. The number of hydrogen-bond acceptors (Lipinski definition) is 4. The summed E-state index contributed by atoms with van der Waals surface area (Å²) in [7, 11) is 3.11. The molecule has 1 aromatic carbocycles. The SMILES string of the molecule is COc1ccc(CNC(=O)N2CCN3CC(F)(F)C[C@H]3C2)cc1OC. The second-order valence-corrected chi connectivity index (χ2v) is 6.48. The van der Waals surface area contributed by atoms with Gasteiger partial charge in [0.2, 0.25) is 0 Å². The van der Waals surface area contributed by atoms with E-state index >= 15 is 0 Å². The minimum atomic E-state index is -2.64. The Morgan fingerprint density at radius 1 is 1.28 bits per heavy atom. The van der Waals surface area contributed by atoms with E-state index in [9.17, 15) is 13.6 Å². The van der Waals surface area contributed by atoms with Crippen molar-refractivity contribution in [2.24, 2.45) is 0 Å². The average Bonchev–Trinajstić information content (AvgIpc) is 2.92. The summed E-state index contributed by atoms with van der Waals surface area (Å²) >= 11 is 0. The molecule has 1 atom stereocenters. The Bertz CT molecular complexity index is 642. The summed E-state index contributed by atoms with van der Waals surface area (Å²) in [4.78, 5) is 15.7. The number of carbonyl (C=O) groups is 1. The molecule has 6 nitrogen and oxygen atoms in total. The molecule has 0 saturated carbocycles. The maximum Gasteiger partial charge on any atom is 0.317 e. The standard InChI is InChI=1S/C17H23F2N3O3/c1-24-14-4-3-12(7-15(14)25-2)9-20-16(23)21-5-6-22-11-17(18,19)8-13(22)10-21/h3-4,7,13H,5-6,8-11H2,1-2H3,(H,20,23)/t13-/m0/s1. The molecule has 2 fully saturated rings. The molecule has 1 aromatic rings. The summed E-state index contributed by atoms with van der Waals surface area (Å²) in [6.07, 6.45) is -0.174. The Balaban J connectivity index is 1.55. The molecule has 0 radical (unpaired) electrons. The van der Waals surface area contributed by atoms with Crippen LogP contribution in [-0.2, 0) is 6.54 Å². The molecule has 0 aliphatic carbocycles. The summed E-state index contributed by atoms with van der Waals surface area (Å²) in [6.45, 7) is 1.43. The molecule has 8 heteroatoms. The minimum absolute atomic E-state index is 0.174. The van der Waals surface area contributed by atoms with Gasteiger partial charge in [-0.1, -0.05) is 6.07 Å². The van der Waals surface area contributed by atoms with Crippen LogP contribution in [-0.4, -0.2) is 68.2 Å². The van der Waals surface area contributed by atoms with Crippen LogP contribution in [0.1, 0.15) is 12.0 Å². The van der Waals surface area contributed by atoms with Crippen LogP contribution in [0.25, 0.3) is 0 Å². The van der Waals surface area contributed by atoms with Crippen molar-refractivity contribution in [3.05, 3.63) is 23.8 Å². The van der Waals surface area contributed by atoms with E-state index in [1.165, 1.54) is 0 Å². The highest BCUT2D eigenvalue weighted by Gasteiger charge is 2.47. The summed E-state index contributed by atoms with van der Waals surface area (Å²) in [6, 6.07) is 4.94. The third-order valence-corrected chi connectivity index (χ3v) is 4.75. The van der Waals surface area contributed by atoms with E-state index < -0.39 is 5.92 Å². The fraction of sp³-hybridized carbons (Fsp3) is 0.588. The first-order valence-electron chi connectivity index (χ1n) is 8.27. The molecule has 2 saturated heterocycles. The summed E-state index contributed by atoms with van der Waals surface area (Å²) in [5, 5.41) is 2.84. The number of halogens is 2. The van der Waals surface area contributed by atoms with Crippen molar-refractivity contribution in [2.75, 3.05) is 40.4 Å². The number of piperazine rings is 1. The van der Waals surface area contributed by atoms with Crippen LogP contribution >= 0.6 is 0 Å². The third-order valence-electron chi connectivity index (χ3n) is 4.75. The number of rotatable bonds is 4. The molecule has 0 aromatic heterocycles. The molecule has 0 unspecified atom stereocenters. The van der Waals surface area contributed by atoms with Crippen molar-refractivity contribution < 1.29 is 23.0 Å². The molecular weight excluding hydrogens is 332 g/mol. The zero-order chi connectivity index (χ0) is 18.0. The summed E-state index contributed by atoms with van der Waals surface area (Å²) in [5.41, 5.74) is 0.872. The zero-order valence-electron chi connectivity index (χ0n) is 14.4. The van der Waals surface area contributed by atoms with Gasteiger partial charge in [-0.15, -0.1) is 0 Å². The van der Waals surface area contributed by atoms with Crippen molar-refractivity contribution in [1.29, 1.82) is 0 Å². The summed E-state index contributed by atoms with van der Waals surface area (Å²) in [5.74, 6) is -1.43. The predicted molar refractivity (Wildman–Crippen MR) is 88.3 cm³/mol. The van der Waals surface area contributed by atoms with E-state index in [1.54, 1.807) is 36.2 Å². The van der Waals surface area contributed by atoms with Crippen molar-refractivity contribution in [1.82, 2.24) is 15.1 Å². The van der Waals surface area contributed by atoms with Crippen LogP contribution in [0.3, 0.4) is 0 Å². The number of hydrogen-bond donors (Lipinski definition) is 1. The number of nitrogens with one attached hydrogen (secondary N) is 1. The average molecular weight is 355 g/mol. The quantitative estimate of drug-likeness (QED) is 0.897. The maximum absolute atomic E-state index is 13.5. The molecule has 2 aliphatic rings. The van der Waals surface area contributed by atoms with Gasteiger partial charge in [0.15, 0.2) is 11.5 Å². The highest BCUT2D eigenvalue weighted by Crippen LogP contribution is 2.33. The lowest BCUT2D eigenvalue weighted by molar-refractivity contribution is 0.0122. The van der Waals surface area contributed by atoms with Crippen molar-refractivity contribution in [3.8, 4) is 11.5 Å². The van der Waals surface area contributed by atoms with Gasteiger partial charge in [-0.25, -0.2) is 13.6 Å². The lowest BCUT2D eigenvalue weighted by Gasteiger charge is -2.36. The van der Waals surface area contributed by atoms with Crippen LogP contribution in [0.4, 0.5) is 13.6 Å². The normalized spacial score (nSPS) is 22.4. The van der Waals surface area contributed by atoms with E-state index in [0.29, 0.717) is 37.7 Å². The van der Waals surface area contributed by atoms with Gasteiger partial charge in [0.1, 0.15) is 0 Å². The maximum atomic E-state index is 13.5. The molecule has 25 heavy (non-hydrogen) atoms. The van der Waals surface area contributed by atoms with Crippen LogP contribution in [0, 0.1) is 0 Å². The molecule has 0 spiro atoms. The number of fused-ring (bicyclic) bond motifs is 1. The predicted octanol–water partition coefficient (Wildman–Crippen LogP) is 1.94. The van der Waals surface area contributed by atoms with Crippen molar-refractivity contribution >= 4 is 6.03 Å². The van der Waals surface area contributed by atoms with Gasteiger partial charge in [0.25, 0.3) is 5.92 Å². The fourth-order valence-corrected chi connectivity index (χ4v) is 3.47. The van der Waals surface area contributed by atoms with Gasteiger partial charge in [-0.2, -0.15) is 0 Å². The van der Waals surface area contributed by atoms with E-state index in [1.807, 2.05) is 6.07 Å². The van der Waals surface area contributed by atoms with Gasteiger partial charge >= 0.3 is 6.03 Å². The largest absolute Gasteiger partial charge is 0.493 e. The van der Waals surface area contributed by atoms with Gasteiger partial charge in [0, 0.05) is 38.6 Å². The second kappa shape index (κ2) is 7.03. The number of carbonyl (C=O) groups excluding carboxylic acids is 1. The number of methoxy groups -OCH3 is 2. The number of alkyl halides is 2. The van der Waals surface area contributed by atoms with Gasteiger partial charge < -0.3 is 19.7 Å². The Kier molecular flexibility index (Phi) is 4.99. The molecule has 2 heterocycles. The first-order chi connectivity index (χ1) is 11.9. The monoisotopic (exact) mass is 355 g/mol. The van der Waals surface area contributed by atoms with Crippen LogP contribution < -0.4 is 14.8 Å². The number of nitrogens with zero attached hydrogens (tertiary/aromatic N) is 2. The van der Waals surface area contributed by atoms with E-state index in [-0.39, 0.29) is 25.0 Å². The van der Waals surface area contributed by atoms with E-state index in [0.717, 1.165) is 5.56 Å². The van der Waals surface area contributed by atoms with Crippen LogP contribution in [0.5, 0.6) is 11.5 Å². The molecule has 0 bridgehead atoms. The van der Waals surface area contributed by atoms with Gasteiger partial charge in [-0.05, 0) is 17.7 Å². The van der Waals surface area contributed by atoms with Crippen LogP contribution in [0.15, 0.2) is 18.2 Å². The molecule has 2 aliphatic heterocycles. The fourth-order valence-electron chi connectivity index (χ4n) is 3.47. The Hall–Kier alpha value is -2.09. The first kappa shape index (κ1) is 17.7. The molecule has 1 N–H and O–H groups in total. The lowest BCUT2D eigenvalue weighted by atomic mass is 10.1. The molecule has 138 valence electrons. The first-order valence-corrected chi connectivity index (χ1v) is 8.27. The van der Waals surface area contributed by atoms with Crippen LogP contribution in [0.2, 0.25) is 0 Å².